The fraction of sp³-hybridized carbons (Fsp3) is 0.375. The summed E-state index contributed by atoms with van der Waals surface area (Å²) < 4.78 is 1.22. The highest BCUT2D eigenvalue weighted by atomic mass is 79.9. The summed E-state index contributed by atoms with van der Waals surface area (Å²) in [5.74, 6) is 0. The summed E-state index contributed by atoms with van der Waals surface area (Å²) in [6.07, 6.45) is 1.12. The largest absolute Gasteiger partial charge is 0.312 e. The molecular weight excluding hydrogens is 318 g/mol. The Labute approximate surface area is 128 Å². The molecule has 0 aliphatic carbocycles. The molecule has 1 aromatic carbocycles. The number of aryl methyl sites for hydroxylation is 2. The summed E-state index contributed by atoms with van der Waals surface area (Å²) in [5.41, 5.74) is 3.91. The van der Waals surface area contributed by atoms with Gasteiger partial charge in [0.2, 0.25) is 0 Å². The van der Waals surface area contributed by atoms with Crippen molar-refractivity contribution in [3.63, 3.8) is 0 Å². The molecule has 0 aliphatic heterocycles. The Morgan fingerprint density at radius 3 is 2.37 bits per heavy atom. The summed E-state index contributed by atoms with van der Waals surface area (Å²) in [6, 6.07) is 9.47. The Kier molecular flexibility index (Phi) is 4.82. The first-order chi connectivity index (χ1) is 9.06. The van der Waals surface area contributed by atoms with Crippen LogP contribution in [0.5, 0.6) is 0 Å². The van der Waals surface area contributed by atoms with Gasteiger partial charge in [-0.25, -0.2) is 0 Å². The van der Waals surface area contributed by atoms with Gasteiger partial charge in [0.1, 0.15) is 0 Å². The van der Waals surface area contributed by atoms with Gasteiger partial charge in [0.25, 0.3) is 0 Å². The molecule has 1 heterocycles. The molecule has 0 spiro atoms. The molecule has 0 aliphatic rings. The molecule has 2 aromatic rings. The van der Waals surface area contributed by atoms with Gasteiger partial charge < -0.3 is 5.32 Å². The third-order valence-corrected chi connectivity index (χ3v) is 5.95. The zero-order valence-corrected chi connectivity index (χ0v) is 14.3. The van der Waals surface area contributed by atoms with Gasteiger partial charge >= 0.3 is 0 Å². The third-order valence-electron chi connectivity index (χ3n) is 3.45. The van der Waals surface area contributed by atoms with Crippen molar-refractivity contribution in [3.05, 3.63) is 44.7 Å². The van der Waals surface area contributed by atoms with E-state index in [0.717, 1.165) is 6.42 Å². The predicted molar refractivity (Wildman–Crippen MR) is 89.0 cm³/mol. The maximum Gasteiger partial charge on any atom is 0.0409 e. The van der Waals surface area contributed by atoms with E-state index in [1.54, 1.807) is 0 Å². The van der Waals surface area contributed by atoms with Crippen LogP contribution in [0.3, 0.4) is 0 Å². The highest BCUT2D eigenvalue weighted by molar-refractivity contribution is 9.10. The fourth-order valence-electron chi connectivity index (χ4n) is 2.33. The topological polar surface area (TPSA) is 12.0 Å². The summed E-state index contributed by atoms with van der Waals surface area (Å²) >= 11 is 5.52. The van der Waals surface area contributed by atoms with Crippen LogP contribution < -0.4 is 5.32 Å². The van der Waals surface area contributed by atoms with Crippen molar-refractivity contribution >= 4 is 27.3 Å². The first kappa shape index (κ1) is 14.8. The monoisotopic (exact) mass is 337 g/mol. The van der Waals surface area contributed by atoms with Crippen molar-refractivity contribution in [1.82, 2.24) is 5.32 Å². The Morgan fingerprint density at radius 1 is 1.21 bits per heavy atom. The van der Waals surface area contributed by atoms with Crippen molar-refractivity contribution in [2.75, 3.05) is 7.05 Å². The first-order valence-corrected chi connectivity index (χ1v) is 8.21. The number of hydrogen-bond acceptors (Lipinski definition) is 2. The van der Waals surface area contributed by atoms with E-state index in [0.29, 0.717) is 6.04 Å². The Balaban J connectivity index is 2.38. The smallest absolute Gasteiger partial charge is 0.0409 e. The first-order valence-electron chi connectivity index (χ1n) is 6.61. The van der Waals surface area contributed by atoms with E-state index < -0.39 is 0 Å². The summed E-state index contributed by atoms with van der Waals surface area (Å²) in [4.78, 5) is 2.76. The highest BCUT2D eigenvalue weighted by Gasteiger charge is 2.11. The van der Waals surface area contributed by atoms with Crippen molar-refractivity contribution in [2.24, 2.45) is 0 Å². The molecule has 1 N–H and O–H groups in total. The van der Waals surface area contributed by atoms with Crippen LogP contribution in [0, 0.1) is 13.8 Å². The minimum absolute atomic E-state index is 0.469. The molecule has 19 heavy (non-hydrogen) atoms. The number of benzene rings is 1. The van der Waals surface area contributed by atoms with E-state index in [1.807, 2.05) is 18.4 Å². The van der Waals surface area contributed by atoms with Crippen LogP contribution in [0.15, 0.2) is 28.7 Å². The number of rotatable bonds is 4. The van der Waals surface area contributed by atoms with Crippen molar-refractivity contribution in [2.45, 2.75) is 33.2 Å². The maximum absolute atomic E-state index is 3.63. The quantitative estimate of drug-likeness (QED) is 0.780. The van der Waals surface area contributed by atoms with Crippen molar-refractivity contribution in [1.29, 1.82) is 0 Å². The number of halogens is 1. The van der Waals surface area contributed by atoms with E-state index in [1.165, 1.54) is 30.9 Å². The molecule has 1 atom stereocenters. The van der Waals surface area contributed by atoms with Crippen LogP contribution in [0.2, 0.25) is 0 Å². The molecule has 3 heteroatoms. The minimum atomic E-state index is 0.469. The predicted octanol–water partition coefficient (Wildman–Crippen LogP) is 5.46. The lowest BCUT2D eigenvalue weighted by atomic mass is 10.1. The van der Waals surface area contributed by atoms with E-state index in [-0.39, 0.29) is 0 Å². The third kappa shape index (κ3) is 3.10. The van der Waals surface area contributed by atoms with E-state index in [4.69, 9.17) is 0 Å². The Bertz CT molecular complexity index is 547. The molecule has 0 saturated heterocycles. The summed E-state index contributed by atoms with van der Waals surface area (Å²) in [7, 11) is 2.03. The SMILES string of the molecule is CCC(NC)c1ccc(-c2cc(C)c(Br)c(C)c2)s1. The van der Waals surface area contributed by atoms with Gasteiger partial charge in [0.15, 0.2) is 0 Å². The van der Waals surface area contributed by atoms with E-state index in [2.05, 4.69) is 66.3 Å². The van der Waals surface area contributed by atoms with Crippen LogP contribution in [0.1, 0.15) is 35.4 Å². The van der Waals surface area contributed by atoms with Gasteiger partial charge in [-0.15, -0.1) is 11.3 Å². The van der Waals surface area contributed by atoms with Gasteiger partial charge in [0, 0.05) is 20.3 Å². The molecule has 0 fully saturated rings. The molecule has 1 unspecified atom stereocenters. The fourth-order valence-corrected chi connectivity index (χ4v) is 3.75. The van der Waals surface area contributed by atoms with Gasteiger partial charge in [-0.3, -0.25) is 0 Å². The summed E-state index contributed by atoms with van der Waals surface area (Å²) in [6.45, 7) is 6.52. The van der Waals surface area contributed by atoms with Gasteiger partial charge in [-0.1, -0.05) is 22.9 Å². The number of hydrogen-bond donors (Lipinski definition) is 1. The average Bonchev–Trinajstić information content (AvgIpc) is 2.86. The second-order valence-electron chi connectivity index (χ2n) is 4.88. The molecule has 102 valence electrons. The number of thiophene rings is 1. The van der Waals surface area contributed by atoms with Gasteiger partial charge in [-0.05, 0) is 68.3 Å². The van der Waals surface area contributed by atoms with Crippen LogP contribution >= 0.6 is 27.3 Å². The van der Waals surface area contributed by atoms with Crippen LogP contribution in [0.25, 0.3) is 10.4 Å². The Hall–Kier alpha value is -0.640. The molecule has 2 rings (SSSR count). The van der Waals surface area contributed by atoms with Gasteiger partial charge in [0.05, 0.1) is 0 Å². The standard InChI is InChI=1S/C16H20BrNS/c1-5-13(18-4)15-7-6-14(19-15)12-8-10(2)16(17)11(3)9-12/h6-9,13,18H,5H2,1-4H3. The second-order valence-corrected chi connectivity index (χ2v) is 6.78. The second kappa shape index (κ2) is 6.21. The van der Waals surface area contributed by atoms with Crippen LogP contribution in [-0.2, 0) is 0 Å². The minimum Gasteiger partial charge on any atom is -0.312 e. The number of nitrogens with one attached hydrogen (secondary N) is 1. The molecule has 1 nitrogen and oxygen atoms in total. The van der Waals surface area contributed by atoms with E-state index >= 15 is 0 Å². The normalized spacial score (nSPS) is 12.7. The lowest BCUT2D eigenvalue weighted by Gasteiger charge is -2.11. The molecular formula is C16H20BrNS. The van der Waals surface area contributed by atoms with Crippen LogP contribution in [-0.4, -0.2) is 7.05 Å². The molecule has 1 aromatic heterocycles. The molecule has 0 saturated carbocycles. The molecule has 0 amide bonds. The van der Waals surface area contributed by atoms with Gasteiger partial charge in [-0.2, -0.15) is 0 Å². The van der Waals surface area contributed by atoms with E-state index in [9.17, 15) is 0 Å². The zero-order chi connectivity index (χ0) is 14.0. The van der Waals surface area contributed by atoms with Crippen molar-refractivity contribution < 1.29 is 0 Å². The summed E-state index contributed by atoms with van der Waals surface area (Å²) in [5, 5.41) is 3.37. The lowest BCUT2D eigenvalue weighted by molar-refractivity contribution is 0.586. The lowest BCUT2D eigenvalue weighted by Crippen LogP contribution is -2.13. The highest BCUT2D eigenvalue weighted by Crippen LogP contribution is 2.35. The average molecular weight is 338 g/mol. The zero-order valence-electron chi connectivity index (χ0n) is 11.9. The molecule has 0 radical (unpaired) electrons. The Morgan fingerprint density at radius 2 is 1.84 bits per heavy atom. The van der Waals surface area contributed by atoms with Crippen LogP contribution in [0.4, 0.5) is 0 Å². The maximum atomic E-state index is 3.63. The van der Waals surface area contributed by atoms with Crippen molar-refractivity contribution in [3.8, 4) is 10.4 Å². The molecule has 0 bridgehead atoms.